The zero-order valence-electron chi connectivity index (χ0n) is 13.2. The summed E-state index contributed by atoms with van der Waals surface area (Å²) in [7, 11) is 0. The van der Waals surface area contributed by atoms with E-state index in [2.05, 4.69) is 21.2 Å². The van der Waals surface area contributed by atoms with Gasteiger partial charge in [0.25, 0.3) is 5.91 Å². The maximum Gasteiger partial charge on any atom is 0.265 e. The summed E-state index contributed by atoms with van der Waals surface area (Å²) >= 11 is 3.40. The summed E-state index contributed by atoms with van der Waals surface area (Å²) in [6.45, 7) is 2.26. The first-order chi connectivity index (χ1) is 11.5. The Kier molecular flexibility index (Phi) is 4.85. The van der Waals surface area contributed by atoms with Crippen molar-refractivity contribution in [1.82, 2.24) is 0 Å². The van der Waals surface area contributed by atoms with Gasteiger partial charge < -0.3 is 15.0 Å². The van der Waals surface area contributed by atoms with Crippen molar-refractivity contribution < 1.29 is 14.3 Å². The van der Waals surface area contributed by atoms with Gasteiger partial charge in [0.1, 0.15) is 5.75 Å². The molecule has 5 nitrogen and oxygen atoms in total. The minimum Gasteiger partial charge on any atom is -0.482 e. The van der Waals surface area contributed by atoms with Crippen LogP contribution in [0.3, 0.4) is 0 Å². The summed E-state index contributed by atoms with van der Waals surface area (Å²) in [5.41, 5.74) is 2.46. The third kappa shape index (κ3) is 3.59. The number of nitrogens with one attached hydrogen (secondary N) is 1. The normalized spacial score (nSPS) is 13.2. The summed E-state index contributed by atoms with van der Waals surface area (Å²) in [5, 5.41) is 2.89. The molecule has 1 aliphatic rings. The van der Waals surface area contributed by atoms with Crippen LogP contribution in [0.2, 0.25) is 0 Å². The van der Waals surface area contributed by atoms with E-state index in [0.717, 1.165) is 15.7 Å². The number of anilines is 2. The van der Waals surface area contributed by atoms with E-state index in [4.69, 9.17) is 4.74 Å². The number of hydrogen-bond acceptors (Lipinski definition) is 3. The lowest BCUT2D eigenvalue weighted by Crippen LogP contribution is -2.40. The number of halogens is 1. The summed E-state index contributed by atoms with van der Waals surface area (Å²) in [6.07, 6.45) is 0.218. The molecule has 24 heavy (non-hydrogen) atoms. The molecule has 1 heterocycles. The number of hydrogen-bond donors (Lipinski definition) is 1. The fourth-order valence-electron chi connectivity index (χ4n) is 2.59. The van der Waals surface area contributed by atoms with Crippen molar-refractivity contribution in [1.29, 1.82) is 0 Å². The van der Waals surface area contributed by atoms with Crippen molar-refractivity contribution in [3.8, 4) is 5.75 Å². The minimum atomic E-state index is -0.138. The number of carbonyl (C=O) groups excluding carboxylic acids is 2. The number of rotatable bonds is 4. The Morgan fingerprint density at radius 2 is 2.08 bits per heavy atom. The van der Waals surface area contributed by atoms with Gasteiger partial charge in [0, 0.05) is 23.1 Å². The molecule has 2 aromatic carbocycles. The molecule has 0 aromatic heterocycles. The van der Waals surface area contributed by atoms with Crippen LogP contribution in [0, 0.1) is 6.92 Å². The molecule has 2 amide bonds. The molecule has 0 saturated heterocycles. The van der Waals surface area contributed by atoms with Crippen LogP contribution in [0.25, 0.3) is 0 Å². The first kappa shape index (κ1) is 16.5. The predicted molar refractivity (Wildman–Crippen MR) is 96.4 cm³/mol. The molecule has 1 N–H and O–H groups in total. The average Bonchev–Trinajstić information content (AvgIpc) is 2.56. The number of aryl methyl sites for hydroxylation is 1. The van der Waals surface area contributed by atoms with E-state index in [1.165, 1.54) is 0 Å². The highest BCUT2D eigenvalue weighted by molar-refractivity contribution is 9.10. The van der Waals surface area contributed by atoms with Gasteiger partial charge in [0.15, 0.2) is 6.61 Å². The number of amides is 2. The smallest absolute Gasteiger partial charge is 0.265 e. The predicted octanol–water partition coefficient (Wildman–Crippen LogP) is 3.51. The molecule has 0 saturated carbocycles. The first-order valence-corrected chi connectivity index (χ1v) is 8.42. The maximum atomic E-state index is 12.2. The molecule has 0 aliphatic carbocycles. The molecule has 0 atom stereocenters. The third-order valence-corrected chi connectivity index (χ3v) is 4.33. The number of benzene rings is 2. The Morgan fingerprint density at radius 3 is 2.88 bits per heavy atom. The van der Waals surface area contributed by atoms with Gasteiger partial charge in [-0.2, -0.15) is 0 Å². The van der Waals surface area contributed by atoms with Gasteiger partial charge in [0.05, 0.1) is 5.69 Å². The Labute approximate surface area is 148 Å². The highest BCUT2D eigenvalue weighted by atomic mass is 79.9. The topological polar surface area (TPSA) is 58.6 Å². The molecule has 0 fully saturated rings. The SMILES string of the molecule is Cc1cc(Br)ccc1NC(=O)CCN1C(=O)COc2ccccc21. The van der Waals surface area contributed by atoms with Crippen LogP contribution in [0.5, 0.6) is 5.75 Å². The van der Waals surface area contributed by atoms with Crippen molar-refractivity contribution in [2.24, 2.45) is 0 Å². The van der Waals surface area contributed by atoms with E-state index in [-0.39, 0.29) is 24.8 Å². The number of carbonyl (C=O) groups is 2. The van der Waals surface area contributed by atoms with Gasteiger partial charge in [-0.3, -0.25) is 9.59 Å². The number of para-hydroxylation sites is 2. The second-order valence-electron chi connectivity index (χ2n) is 5.56. The number of nitrogens with zero attached hydrogens (tertiary/aromatic N) is 1. The van der Waals surface area contributed by atoms with Crippen molar-refractivity contribution >= 4 is 39.1 Å². The lowest BCUT2D eigenvalue weighted by molar-refractivity contribution is -0.121. The molecule has 6 heteroatoms. The summed E-state index contributed by atoms with van der Waals surface area (Å²) in [5.74, 6) is 0.403. The van der Waals surface area contributed by atoms with Gasteiger partial charge in [-0.05, 0) is 42.8 Å². The molecule has 3 rings (SSSR count). The van der Waals surface area contributed by atoms with Gasteiger partial charge in [-0.15, -0.1) is 0 Å². The van der Waals surface area contributed by atoms with E-state index in [1.807, 2.05) is 49.4 Å². The molecule has 124 valence electrons. The van der Waals surface area contributed by atoms with Crippen LogP contribution in [0.1, 0.15) is 12.0 Å². The quantitative estimate of drug-likeness (QED) is 0.871. The zero-order chi connectivity index (χ0) is 17.1. The Bertz CT molecular complexity index is 792. The zero-order valence-corrected chi connectivity index (χ0v) is 14.8. The van der Waals surface area contributed by atoms with Crippen molar-refractivity contribution in [3.63, 3.8) is 0 Å². The second kappa shape index (κ2) is 7.05. The first-order valence-electron chi connectivity index (χ1n) is 7.63. The standard InChI is InChI=1S/C18H17BrN2O3/c1-12-10-13(19)6-7-14(12)20-17(22)8-9-21-15-4-2-3-5-16(15)24-11-18(21)23/h2-7,10H,8-9,11H2,1H3,(H,20,22). The lowest BCUT2D eigenvalue weighted by Gasteiger charge is -2.29. The van der Waals surface area contributed by atoms with Gasteiger partial charge in [-0.1, -0.05) is 28.1 Å². The van der Waals surface area contributed by atoms with E-state index in [9.17, 15) is 9.59 Å². The fourth-order valence-corrected chi connectivity index (χ4v) is 3.07. The van der Waals surface area contributed by atoms with E-state index >= 15 is 0 Å². The molecule has 0 unspecified atom stereocenters. The number of ether oxygens (including phenoxy) is 1. The van der Waals surface area contributed by atoms with Crippen molar-refractivity contribution in [3.05, 3.63) is 52.5 Å². The Balaban J connectivity index is 1.65. The molecule has 0 radical (unpaired) electrons. The van der Waals surface area contributed by atoms with E-state index in [1.54, 1.807) is 4.90 Å². The highest BCUT2D eigenvalue weighted by Crippen LogP contribution is 2.31. The largest absolute Gasteiger partial charge is 0.482 e. The molecule has 0 bridgehead atoms. The monoisotopic (exact) mass is 388 g/mol. The van der Waals surface area contributed by atoms with E-state index in [0.29, 0.717) is 18.0 Å². The molecule has 0 spiro atoms. The molecular formula is C18H17BrN2O3. The average molecular weight is 389 g/mol. The minimum absolute atomic E-state index is 0.00442. The van der Waals surface area contributed by atoms with Crippen LogP contribution >= 0.6 is 15.9 Å². The van der Waals surface area contributed by atoms with Crippen LogP contribution in [-0.4, -0.2) is 25.0 Å². The number of fused-ring (bicyclic) bond motifs is 1. The lowest BCUT2D eigenvalue weighted by atomic mass is 10.2. The maximum absolute atomic E-state index is 12.2. The van der Waals surface area contributed by atoms with Gasteiger partial charge >= 0.3 is 0 Å². The summed E-state index contributed by atoms with van der Waals surface area (Å²) in [6, 6.07) is 13.0. The van der Waals surface area contributed by atoms with Crippen LogP contribution in [-0.2, 0) is 9.59 Å². The third-order valence-electron chi connectivity index (χ3n) is 3.83. The summed E-state index contributed by atoms with van der Waals surface area (Å²) in [4.78, 5) is 25.9. The van der Waals surface area contributed by atoms with E-state index < -0.39 is 0 Å². The van der Waals surface area contributed by atoms with Crippen LogP contribution in [0.4, 0.5) is 11.4 Å². The molecule has 2 aromatic rings. The van der Waals surface area contributed by atoms with Crippen LogP contribution < -0.4 is 15.0 Å². The molecule has 1 aliphatic heterocycles. The Hall–Kier alpha value is -2.34. The van der Waals surface area contributed by atoms with Gasteiger partial charge in [-0.25, -0.2) is 0 Å². The van der Waals surface area contributed by atoms with Crippen molar-refractivity contribution in [2.45, 2.75) is 13.3 Å². The Morgan fingerprint density at radius 1 is 1.29 bits per heavy atom. The summed E-state index contributed by atoms with van der Waals surface area (Å²) < 4.78 is 6.37. The van der Waals surface area contributed by atoms with Gasteiger partial charge in [0.2, 0.25) is 5.91 Å². The fraction of sp³-hybridized carbons (Fsp3) is 0.222. The van der Waals surface area contributed by atoms with Crippen LogP contribution in [0.15, 0.2) is 46.9 Å². The van der Waals surface area contributed by atoms with Crippen molar-refractivity contribution in [2.75, 3.05) is 23.4 Å². The molecular weight excluding hydrogens is 372 g/mol. The second-order valence-corrected chi connectivity index (χ2v) is 6.47. The highest BCUT2D eigenvalue weighted by Gasteiger charge is 2.25.